The van der Waals surface area contributed by atoms with Gasteiger partial charge >= 0.3 is 5.97 Å². The summed E-state index contributed by atoms with van der Waals surface area (Å²) in [5.41, 5.74) is 14.5. The molecular weight excluding hydrogens is 500 g/mol. The number of nitrogens with two attached hydrogens (primary N) is 2. The highest BCUT2D eigenvalue weighted by atomic mass is 16.5. The van der Waals surface area contributed by atoms with Gasteiger partial charge in [-0.15, -0.1) is 0 Å². The summed E-state index contributed by atoms with van der Waals surface area (Å²) in [7, 11) is 1.77. The molecule has 0 saturated carbocycles. The van der Waals surface area contributed by atoms with Crippen LogP contribution in [0.1, 0.15) is 66.5 Å². The topological polar surface area (TPSA) is 94.0 Å². The lowest BCUT2D eigenvalue weighted by Crippen LogP contribution is -2.32. The summed E-state index contributed by atoms with van der Waals surface area (Å²) in [5.74, 6) is 6.14. The molecule has 4 N–H and O–H groups in total. The van der Waals surface area contributed by atoms with E-state index in [0.717, 1.165) is 54.2 Å². The summed E-state index contributed by atoms with van der Waals surface area (Å²) < 4.78 is 11.8. The molecule has 0 radical (unpaired) electrons. The van der Waals surface area contributed by atoms with Crippen molar-refractivity contribution in [2.75, 3.05) is 30.9 Å². The van der Waals surface area contributed by atoms with Crippen molar-refractivity contribution in [1.82, 2.24) is 4.90 Å². The second-order valence-corrected chi connectivity index (χ2v) is 11.0. The molecule has 1 heterocycles. The highest BCUT2D eigenvalue weighted by Crippen LogP contribution is 2.40. The molecule has 1 aliphatic rings. The molecule has 7 nitrogen and oxygen atoms in total. The summed E-state index contributed by atoms with van der Waals surface area (Å²) in [6, 6.07) is 18.8. The molecule has 0 fully saturated rings. The normalized spacial score (nSPS) is 16.8. The zero-order chi connectivity index (χ0) is 29.0. The van der Waals surface area contributed by atoms with Crippen molar-refractivity contribution in [1.29, 1.82) is 0 Å². The highest BCUT2D eigenvalue weighted by Gasteiger charge is 2.31. The van der Waals surface area contributed by atoms with Crippen molar-refractivity contribution in [3.8, 4) is 5.75 Å². The number of ether oxygens (including phenoxy) is 2. The fourth-order valence-corrected chi connectivity index (χ4v) is 5.71. The van der Waals surface area contributed by atoms with Crippen LogP contribution in [0.3, 0.4) is 0 Å². The monoisotopic (exact) mass is 544 g/mol. The molecule has 4 rings (SSSR count). The smallest absolute Gasteiger partial charge is 0.309 e. The van der Waals surface area contributed by atoms with Crippen molar-refractivity contribution in [2.45, 2.75) is 66.2 Å². The molecule has 214 valence electrons. The first-order valence-corrected chi connectivity index (χ1v) is 14.2. The second-order valence-electron chi connectivity index (χ2n) is 11.0. The SMILES string of the molecule is CCOC(=O)C(C)C(c1ccc(C)c(CN2Cc3ccccc3OC(CC)C2)c1)c1ccc(N(C)N)c(N)c1C. The number of hydrogen-bond acceptors (Lipinski definition) is 7. The Bertz CT molecular complexity index is 1340. The van der Waals surface area contributed by atoms with Gasteiger partial charge in [-0.2, -0.15) is 0 Å². The molecule has 3 unspecified atom stereocenters. The maximum Gasteiger partial charge on any atom is 0.309 e. The number of benzene rings is 3. The minimum absolute atomic E-state index is 0.133. The van der Waals surface area contributed by atoms with Crippen molar-refractivity contribution >= 4 is 17.3 Å². The van der Waals surface area contributed by atoms with Crippen LogP contribution in [-0.4, -0.2) is 37.2 Å². The Hall–Kier alpha value is -3.55. The maximum absolute atomic E-state index is 13.1. The van der Waals surface area contributed by atoms with Gasteiger partial charge in [-0.25, -0.2) is 5.84 Å². The van der Waals surface area contributed by atoms with Crippen LogP contribution in [0.15, 0.2) is 54.6 Å². The van der Waals surface area contributed by atoms with Gasteiger partial charge in [0.25, 0.3) is 0 Å². The Balaban J connectivity index is 1.74. The van der Waals surface area contributed by atoms with Gasteiger partial charge < -0.3 is 20.2 Å². The van der Waals surface area contributed by atoms with E-state index >= 15 is 0 Å². The Morgan fingerprint density at radius 1 is 1.15 bits per heavy atom. The van der Waals surface area contributed by atoms with E-state index in [9.17, 15) is 4.79 Å². The maximum atomic E-state index is 13.1. The molecule has 3 aromatic rings. The lowest BCUT2D eigenvalue weighted by atomic mass is 9.78. The minimum atomic E-state index is -0.405. The first-order valence-electron chi connectivity index (χ1n) is 14.2. The third-order valence-electron chi connectivity index (χ3n) is 8.11. The third-order valence-corrected chi connectivity index (χ3v) is 8.11. The number of rotatable bonds is 9. The van der Waals surface area contributed by atoms with Crippen LogP contribution in [-0.2, 0) is 22.6 Å². The number of carbonyl (C=O) groups is 1. The lowest BCUT2D eigenvalue weighted by molar-refractivity contribution is -0.147. The summed E-state index contributed by atoms with van der Waals surface area (Å²) in [6.45, 7) is 12.9. The van der Waals surface area contributed by atoms with Crippen molar-refractivity contribution in [2.24, 2.45) is 11.8 Å². The molecule has 40 heavy (non-hydrogen) atoms. The summed E-state index contributed by atoms with van der Waals surface area (Å²) >= 11 is 0. The molecule has 0 spiro atoms. The largest absolute Gasteiger partial charge is 0.489 e. The summed E-state index contributed by atoms with van der Waals surface area (Å²) in [4.78, 5) is 15.6. The Morgan fingerprint density at radius 2 is 1.90 bits per heavy atom. The van der Waals surface area contributed by atoms with E-state index < -0.39 is 5.92 Å². The number of aryl methyl sites for hydroxylation is 1. The van der Waals surface area contributed by atoms with E-state index in [-0.39, 0.29) is 18.0 Å². The first-order chi connectivity index (χ1) is 19.1. The van der Waals surface area contributed by atoms with Gasteiger partial charge in [0.15, 0.2) is 0 Å². The molecule has 3 aromatic carbocycles. The van der Waals surface area contributed by atoms with E-state index in [0.29, 0.717) is 12.3 Å². The zero-order valence-electron chi connectivity index (χ0n) is 24.7. The number of nitrogens with zero attached hydrogens (tertiary/aromatic N) is 2. The molecule has 1 aliphatic heterocycles. The van der Waals surface area contributed by atoms with Gasteiger partial charge in [0.1, 0.15) is 11.9 Å². The predicted molar refractivity (Wildman–Crippen MR) is 162 cm³/mol. The lowest BCUT2D eigenvalue weighted by Gasteiger charge is -2.29. The molecule has 0 bridgehead atoms. The molecule has 3 atom stereocenters. The van der Waals surface area contributed by atoms with E-state index in [4.69, 9.17) is 21.1 Å². The number of para-hydroxylation sites is 1. The number of fused-ring (bicyclic) bond motifs is 1. The Kier molecular flexibility index (Phi) is 9.38. The van der Waals surface area contributed by atoms with Crippen molar-refractivity contribution < 1.29 is 14.3 Å². The Morgan fingerprint density at radius 3 is 2.60 bits per heavy atom. The van der Waals surface area contributed by atoms with Crippen LogP contribution in [0.4, 0.5) is 11.4 Å². The summed E-state index contributed by atoms with van der Waals surface area (Å²) in [6.07, 6.45) is 1.08. The van der Waals surface area contributed by atoms with Gasteiger partial charge in [0.2, 0.25) is 0 Å². The predicted octanol–water partition coefficient (Wildman–Crippen LogP) is 5.70. The number of carbonyl (C=O) groups excluding carboxylic acids is 1. The van der Waals surface area contributed by atoms with E-state index in [2.05, 4.69) is 55.1 Å². The molecular formula is C33H44N4O3. The van der Waals surface area contributed by atoms with Crippen LogP contribution in [0.25, 0.3) is 0 Å². The van der Waals surface area contributed by atoms with Crippen LogP contribution in [0, 0.1) is 19.8 Å². The van der Waals surface area contributed by atoms with Crippen molar-refractivity contribution in [3.63, 3.8) is 0 Å². The molecule has 0 aromatic heterocycles. The number of esters is 1. The average molecular weight is 545 g/mol. The standard InChI is InChI=1S/C33H44N4O3/c1-7-27-20-37(18-25-11-9-10-12-30(25)40-27)19-26-17-24(14-13-21(26)3)31(23(5)33(38)39-8-2)28-15-16-29(36(6)35)32(34)22(28)4/h9-17,23,27,31H,7-8,18-20,34-35H2,1-6H3. The number of hydrazine groups is 1. The third kappa shape index (κ3) is 6.26. The van der Waals surface area contributed by atoms with Crippen molar-refractivity contribution in [3.05, 3.63) is 88.0 Å². The zero-order valence-corrected chi connectivity index (χ0v) is 24.7. The van der Waals surface area contributed by atoms with Crippen LogP contribution in [0.2, 0.25) is 0 Å². The quantitative estimate of drug-likeness (QED) is 0.154. The van der Waals surface area contributed by atoms with Gasteiger partial charge in [-0.1, -0.05) is 56.3 Å². The van der Waals surface area contributed by atoms with Gasteiger partial charge in [-0.3, -0.25) is 9.69 Å². The van der Waals surface area contributed by atoms with Gasteiger partial charge in [-0.05, 0) is 67.1 Å². The average Bonchev–Trinajstić information content (AvgIpc) is 3.11. The second kappa shape index (κ2) is 12.7. The van der Waals surface area contributed by atoms with E-state index in [1.165, 1.54) is 21.7 Å². The summed E-state index contributed by atoms with van der Waals surface area (Å²) in [5, 5.41) is 1.52. The fourth-order valence-electron chi connectivity index (χ4n) is 5.71. The highest BCUT2D eigenvalue weighted by molar-refractivity contribution is 5.77. The molecule has 0 amide bonds. The number of nitrogen functional groups attached to an aromatic ring is 1. The fraction of sp³-hybridized carbons (Fsp3) is 0.424. The van der Waals surface area contributed by atoms with Crippen LogP contribution in [0.5, 0.6) is 5.75 Å². The van der Waals surface area contributed by atoms with E-state index in [1.807, 2.05) is 39.0 Å². The number of anilines is 2. The Labute approximate surface area is 239 Å². The van der Waals surface area contributed by atoms with Gasteiger partial charge in [0, 0.05) is 38.2 Å². The molecule has 7 heteroatoms. The molecule has 0 aliphatic carbocycles. The first kappa shape index (κ1) is 29.4. The van der Waals surface area contributed by atoms with Gasteiger partial charge in [0.05, 0.1) is 23.9 Å². The molecule has 0 saturated heterocycles. The van der Waals surface area contributed by atoms with Crippen LogP contribution >= 0.6 is 0 Å². The minimum Gasteiger partial charge on any atom is -0.489 e. The van der Waals surface area contributed by atoms with Crippen LogP contribution < -0.4 is 21.3 Å². The van der Waals surface area contributed by atoms with E-state index in [1.54, 1.807) is 7.05 Å². The number of hydrogen-bond donors (Lipinski definition) is 2.